The number of anilines is 2. The summed E-state index contributed by atoms with van der Waals surface area (Å²) in [7, 11) is 0. The van der Waals surface area contributed by atoms with Gasteiger partial charge in [0.05, 0.1) is 5.52 Å². The molecule has 3 rings (SSSR count). The van der Waals surface area contributed by atoms with Gasteiger partial charge in [-0.25, -0.2) is 4.98 Å². The number of rotatable bonds is 2. The number of fused-ring (bicyclic) bond motifs is 1. The molecule has 1 aromatic heterocycles. The molecule has 0 amide bonds. The van der Waals surface area contributed by atoms with Gasteiger partial charge in [-0.05, 0) is 36.8 Å². The van der Waals surface area contributed by atoms with Gasteiger partial charge in [0.1, 0.15) is 17.3 Å². The summed E-state index contributed by atoms with van der Waals surface area (Å²) in [6.45, 7) is 1.93. The molecular formula is C15H13ClN4O. The van der Waals surface area contributed by atoms with Crippen molar-refractivity contribution in [1.29, 1.82) is 0 Å². The van der Waals surface area contributed by atoms with Crippen molar-refractivity contribution < 1.29 is 4.74 Å². The van der Waals surface area contributed by atoms with E-state index in [0.29, 0.717) is 27.9 Å². The summed E-state index contributed by atoms with van der Waals surface area (Å²) in [5.74, 6) is 1.81. The molecule has 0 spiro atoms. The van der Waals surface area contributed by atoms with Crippen LogP contribution in [0, 0.1) is 6.92 Å². The number of nitrogens with two attached hydrogens (primary N) is 2. The monoisotopic (exact) mass is 300 g/mol. The number of ether oxygens (including phenoxy) is 1. The molecule has 5 nitrogen and oxygen atoms in total. The first-order valence-corrected chi connectivity index (χ1v) is 6.67. The normalized spacial score (nSPS) is 10.8. The van der Waals surface area contributed by atoms with Gasteiger partial charge in [-0.15, -0.1) is 0 Å². The van der Waals surface area contributed by atoms with E-state index in [1.54, 1.807) is 18.2 Å². The van der Waals surface area contributed by atoms with Crippen molar-refractivity contribution in [1.82, 2.24) is 9.97 Å². The second-order valence-electron chi connectivity index (χ2n) is 4.66. The second kappa shape index (κ2) is 5.10. The van der Waals surface area contributed by atoms with E-state index in [-0.39, 0.29) is 5.95 Å². The van der Waals surface area contributed by atoms with E-state index < -0.39 is 0 Å². The van der Waals surface area contributed by atoms with Crippen LogP contribution in [-0.4, -0.2) is 9.97 Å². The van der Waals surface area contributed by atoms with Crippen molar-refractivity contribution in [2.45, 2.75) is 6.92 Å². The van der Waals surface area contributed by atoms with Crippen LogP contribution in [0.1, 0.15) is 5.56 Å². The van der Waals surface area contributed by atoms with Crippen molar-refractivity contribution in [2.75, 3.05) is 11.5 Å². The molecule has 106 valence electrons. The number of hydrogen-bond donors (Lipinski definition) is 2. The summed E-state index contributed by atoms with van der Waals surface area (Å²) >= 11 is 5.95. The summed E-state index contributed by atoms with van der Waals surface area (Å²) in [4.78, 5) is 8.13. The first kappa shape index (κ1) is 13.5. The van der Waals surface area contributed by atoms with Crippen molar-refractivity contribution in [3.63, 3.8) is 0 Å². The molecule has 0 aliphatic rings. The standard InChI is InChI=1S/C15H13ClN4O/c1-8-5-11-12(19-15(18)20-14(11)17)7-13(8)21-10-4-2-3-9(16)6-10/h2-7H,1H3,(H4,17,18,19,20). The molecule has 0 aliphatic carbocycles. The highest BCUT2D eigenvalue weighted by Gasteiger charge is 2.09. The Kier molecular flexibility index (Phi) is 3.27. The second-order valence-corrected chi connectivity index (χ2v) is 5.10. The molecule has 0 fully saturated rings. The van der Waals surface area contributed by atoms with Crippen LogP contribution < -0.4 is 16.2 Å². The molecule has 6 heteroatoms. The zero-order valence-electron chi connectivity index (χ0n) is 11.3. The van der Waals surface area contributed by atoms with E-state index in [1.807, 2.05) is 25.1 Å². The molecule has 0 unspecified atom stereocenters. The van der Waals surface area contributed by atoms with Gasteiger partial charge in [-0.2, -0.15) is 4.98 Å². The molecule has 0 bridgehead atoms. The third-order valence-corrected chi connectivity index (χ3v) is 3.30. The highest BCUT2D eigenvalue weighted by atomic mass is 35.5. The Balaban J connectivity index is 2.08. The molecule has 1 heterocycles. The summed E-state index contributed by atoms with van der Waals surface area (Å²) in [5.41, 5.74) is 13.0. The molecule has 21 heavy (non-hydrogen) atoms. The Morgan fingerprint density at radius 2 is 1.90 bits per heavy atom. The third kappa shape index (κ3) is 2.68. The fourth-order valence-corrected chi connectivity index (χ4v) is 2.25. The average molecular weight is 301 g/mol. The van der Waals surface area contributed by atoms with Crippen LogP contribution >= 0.6 is 11.6 Å². The number of nitrogens with zero attached hydrogens (tertiary/aromatic N) is 2. The van der Waals surface area contributed by atoms with Gasteiger partial charge in [-0.3, -0.25) is 0 Å². The Labute approximate surface area is 126 Å². The highest BCUT2D eigenvalue weighted by Crippen LogP contribution is 2.31. The van der Waals surface area contributed by atoms with Gasteiger partial charge in [0.2, 0.25) is 5.95 Å². The maximum atomic E-state index is 5.95. The van der Waals surface area contributed by atoms with Gasteiger partial charge in [0, 0.05) is 16.5 Å². The molecule has 4 N–H and O–H groups in total. The van der Waals surface area contributed by atoms with Crippen molar-refractivity contribution in [3.05, 3.63) is 47.0 Å². The average Bonchev–Trinajstić information content (AvgIpc) is 2.41. The molecule has 0 saturated heterocycles. The van der Waals surface area contributed by atoms with Crippen LogP contribution in [0.5, 0.6) is 11.5 Å². The summed E-state index contributed by atoms with van der Waals surface area (Å²) in [6, 6.07) is 10.9. The van der Waals surface area contributed by atoms with Crippen LogP contribution in [-0.2, 0) is 0 Å². The van der Waals surface area contributed by atoms with E-state index in [4.69, 9.17) is 27.8 Å². The van der Waals surface area contributed by atoms with Crippen LogP contribution in [0.15, 0.2) is 36.4 Å². The number of aryl methyl sites for hydroxylation is 1. The van der Waals surface area contributed by atoms with Crippen molar-refractivity contribution >= 4 is 34.3 Å². The van der Waals surface area contributed by atoms with E-state index in [9.17, 15) is 0 Å². The lowest BCUT2D eigenvalue weighted by molar-refractivity contribution is 0.479. The molecule has 3 aromatic rings. The number of hydrogen-bond acceptors (Lipinski definition) is 5. The Morgan fingerprint density at radius 3 is 2.67 bits per heavy atom. The number of benzene rings is 2. The van der Waals surface area contributed by atoms with Crippen LogP contribution in [0.3, 0.4) is 0 Å². The van der Waals surface area contributed by atoms with E-state index in [0.717, 1.165) is 10.9 Å². The Hall–Kier alpha value is -2.53. The SMILES string of the molecule is Cc1cc2c(N)nc(N)nc2cc1Oc1cccc(Cl)c1. The first-order chi connectivity index (χ1) is 10.0. The molecule has 0 saturated carbocycles. The fraction of sp³-hybridized carbons (Fsp3) is 0.0667. The summed E-state index contributed by atoms with van der Waals surface area (Å²) < 4.78 is 5.85. The van der Waals surface area contributed by atoms with Gasteiger partial charge in [0.15, 0.2) is 0 Å². The van der Waals surface area contributed by atoms with E-state index in [1.165, 1.54) is 0 Å². The lowest BCUT2D eigenvalue weighted by Crippen LogP contribution is -2.01. The Bertz CT molecular complexity index is 835. The predicted molar refractivity (Wildman–Crippen MR) is 84.6 cm³/mol. The summed E-state index contributed by atoms with van der Waals surface area (Å²) in [5, 5.41) is 1.36. The van der Waals surface area contributed by atoms with Crippen LogP contribution in [0.25, 0.3) is 10.9 Å². The van der Waals surface area contributed by atoms with Crippen molar-refractivity contribution in [2.24, 2.45) is 0 Å². The molecule has 0 radical (unpaired) electrons. The molecular weight excluding hydrogens is 288 g/mol. The van der Waals surface area contributed by atoms with Crippen LogP contribution in [0.2, 0.25) is 5.02 Å². The lowest BCUT2D eigenvalue weighted by atomic mass is 10.1. The van der Waals surface area contributed by atoms with Crippen molar-refractivity contribution in [3.8, 4) is 11.5 Å². The maximum absolute atomic E-state index is 5.95. The minimum atomic E-state index is 0.137. The third-order valence-electron chi connectivity index (χ3n) is 3.06. The topological polar surface area (TPSA) is 87.0 Å². The zero-order chi connectivity index (χ0) is 15.0. The van der Waals surface area contributed by atoms with E-state index in [2.05, 4.69) is 9.97 Å². The number of nitrogen functional groups attached to an aromatic ring is 2. The van der Waals surface area contributed by atoms with Gasteiger partial charge in [-0.1, -0.05) is 17.7 Å². The lowest BCUT2D eigenvalue weighted by Gasteiger charge is -2.11. The molecule has 2 aromatic carbocycles. The number of aromatic nitrogens is 2. The van der Waals surface area contributed by atoms with Gasteiger partial charge in [0.25, 0.3) is 0 Å². The quantitative estimate of drug-likeness (QED) is 0.755. The smallest absolute Gasteiger partial charge is 0.222 e. The number of halogens is 1. The van der Waals surface area contributed by atoms with Crippen LogP contribution in [0.4, 0.5) is 11.8 Å². The maximum Gasteiger partial charge on any atom is 0.222 e. The first-order valence-electron chi connectivity index (χ1n) is 6.30. The zero-order valence-corrected chi connectivity index (χ0v) is 12.1. The summed E-state index contributed by atoms with van der Waals surface area (Å²) in [6.07, 6.45) is 0. The minimum absolute atomic E-state index is 0.137. The fourth-order valence-electron chi connectivity index (χ4n) is 2.07. The molecule has 0 atom stereocenters. The van der Waals surface area contributed by atoms with Gasteiger partial charge >= 0.3 is 0 Å². The largest absolute Gasteiger partial charge is 0.457 e. The van der Waals surface area contributed by atoms with E-state index >= 15 is 0 Å². The molecule has 0 aliphatic heterocycles. The predicted octanol–water partition coefficient (Wildman–Crippen LogP) is 3.55. The minimum Gasteiger partial charge on any atom is -0.457 e. The van der Waals surface area contributed by atoms with Gasteiger partial charge < -0.3 is 16.2 Å². The highest BCUT2D eigenvalue weighted by molar-refractivity contribution is 6.30. The Morgan fingerprint density at radius 1 is 1.10 bits per heavy atom.